The van der Waals surface area contributed by atoms with Crippen LogP contribution in [-0.2, 0) is 17.9 Å². The van der Waals surface area contributed by atoms with Gasteiger partial charge in [-0.2, -0.15) is 0 Å². The Labute approximate surface area is 168 Å². The summed E-state index contributed by atoms with van der Waals surface area (Å²) in [6.45, 7) is 11.4. The molecule has 2 aromatic rings. The van der Waals surface area contributed by atoms with Crippen LogP contribution in [0.15, 0.2) is 54.6 Å². The Hall–Kier alpha value is -2.43. The van der Waals surface area contributed by atoms with Crippen LogP contribution in [0, 0.1) is 6.92 Å². The van der Waals surface area contributed by atoms with Crippen molar-refractivity contribution >= 4 is 12.0 Å². The van der Waals surface area contributed by atoms with E-state index in [1.54, 1.807) is 6.08 Å². The second kappa shape index (κ2) is 10.2. The topological polar surface area (TPSA) is 35.6 Å². The summed E-state index contributed by atoms with van der Waals surface area (Å²) in [4.78, 5) is 17.2. The van der Waals surface area contributed by atoms with Crippen LogP contribution in [0.4, 0.5) is 0 Å². The zero-order chi connectivity index (χ0) is 19.8. The highest BCUT2D eigenvalue weighted by molar-refractivity contribution is 5.91. The standard InChI is InChI=1S/C24H31N3O/c1-3-26-13-15-27(16-14-26)19-23-10-5-4-9-22(23)18-25-24(28)12-11-21-8-6-7-20(2)17-21/h4-12,17H,3,13-16,18-19H2,1-2H3,(H,25,28)/b12-11+. The molecule has 1 fully saturated rings. The molecule has 3 rings (SSSR count). The summed E-state index contributed by atoms with van der Waals surface area (Å²) in [7, 11) is 0. The molecule has 0 aliphatic carbocycles. The zero-order valence-corrected chi connectivity index (χ0v) is 17.0. The molecule has 0 unspecified atom stereocenters. The summed E-state index contributed by atoms with van der Waals surface area (Å²) in [5.74, 6) is -0.0622. The minimum absolute atomic E-state index is 0.0622. The van der Waals surface area contributed by atoms with Crippen LogP contribution in [0.2, 0.25) is 0 Å². The quantitative estimate of drug-likeness (QED) is 0.751. The van der Waals surface area contributed by atoms with Gasteiger partial charge in [-0.15, -0.1) is 0 Å². The number of amides is 1. The molecule has 1 aliphatic rings. The number of rotatable bonds is 7. The van der Waals surface area contributed by atoms with E-state index in [0.717, 1.165) is 44.8 Å². The third-order valence-electron chi connectivity index (χ3n) is 5.35. The van der Waals surface area contributed by atoms with Crippen molar-refractivity contribution in [2.45, 2.75) is 26.9 Å². The molecular weight excluding hydrogens is 346 g/mol. The molecule has 1 aliphatic heterocycles. The maximum absolute atomic E-state index is 12.2. The zero-order valence-electron chi connectivity index (χ0n) is 17.0. The van der Waals surface area contributed by atoms with Gasteiger partial charge in [0, 0.05) is 45.3 Å². The van der Waals surface area contributed by atoms with Crippen molar-refractivity contribution in [2.24, 2.45) is 0 Å². The van der Waals surface area contributed by atoms with Gasteiger partial charge in [0.25, 0.3) is 0 Å². The first kappa shape index (κ1) is 20.3. The maximum atomic E-state index is 12.2. The molecule has 0 bridgehead atoms. The lowest BCUT2D eigenvalue weighted by atomic mass is 10.1. The van der Waals surface area contributed by atoms with E-state index < -0.39 is 0 Å². The minimum Gasteiger partial charge on any atom is -0.348 e. The van der Waals surface area contributed by atoms with Crippen molar-refractivity contribution in [1.82, 2.24) is 15.1 Å². The fraction of sp³-hybridized carbons (Fsp3) is 0.375. The van der Waals surface area contributed by atoms with Gasteiger partial charge in [-0.25, -0.2) is 0 Å². The second-order valence-corrected chi connectivity index (χ2v) is 7.44. The van der Waals surface area contributed by atoms with Gasteiger partial charge in [-0.05, 0) is 36.2 Å². The Balaban J connectivity index is 1.54. The van der Waals surface area contributed by atoms with Gasteiger partial charge in [0.15, 0.2) is 0 Å². The molecule has 148 valence electrons. The van der Waals surface area contributed by atoms with Crippen molar-refractivity contribution in [3.05, 3.63) is 76.9 Å². The lowest BCUT2D eigenvalue weighted by molar-refractivity contribution is -0.116. The first-order valence-electron chi connectivity index (χ1n) is 10.2. The van der Waals surface area contributed by atoms with E-state index in [9.17, 15) is 4.79 Å². The lowest BCUT2D eigenvalue weighted by Gasteiger charge is -2.34. The fourth-order valence-corrected chi connectivity index (χ4v) is 3.58. The van der Waals surface area contributed by atoms with Crippen LogP contribution in [-0.4, -0.2) is 48.4 Å². The van der Waals surface area contributed by atoms with Gasteiger partial charge in [0.2, 0.25) is 5.91 Å². The largest absolute Gasteiger partial charge is 0.348 e. The van der Waals surface area contributed by atoms with Crippen molar-refractivity contribution in [2.75, 3.05) is 32.7 Å². The highest BCUT2D eigenvalue weighted by Crippen LogP contribution is 2.14. The molecule has 4 heteroatoms. The molecular formula is C24H31N3O. The summed E-state index contributed by atoms with van der Waals surface area (Å²) in [6, 6.07) is 16.5. The lowest BCUT2D eigenvalue weighted by Crippen LogP contribution is -2.45. The first-order valence-corrected chi connectivity index (χ1v) is 10.2. The Kier molecular flexibility index (Phi) is 7.40. The number of nitrogens with zero attached hydrogens (tertiary/aromatic N) is 2. The number of benzene rings is 2. The summed E-state index contributed by atoms with van der Waals surface area (Å²) in [6.07, 6.45) is 3.48. The van der Waals surface area contributed by atoms with Crippen molar-refractivity contribution < 1.29 is 4.79 Å². The molecule has 2 aromatic carbocycles. The van der Waals surface area contributed by atoms with Gasteiger partial charge >= 0.3 is 0 Å². The van der Waals surface area contributed by atoms with E-state index in [2.05, 4.69) is 59.3 Å². The van der Waals surface area contributed by atoms with Crippen LogP contribution in [0.25, 0.3) is 6.08 Å². The highest BCUT2D eigenvalue weighted by atomic mass is 16.1. The van der Waals surface area contributed by atoms with Crippen LogP contribution < -0.4 is 5.32 Å². The summed E-state index contributed by atoms with van der Waals surface area (Å²) in [5, 5.41) is 3.03. The Morgan fingerprint density at radius 2 is 1.71 bits per heavy atom. The average molecular weight is 378 g/mol. The van der Waals surface area contributed by atoms with Crippen LogP contribution in [0.5, 0.6) is 0 Å². The van der Waals surface area contributed by atoms with Gasteiger partial charge in [0.05, 0.1) is 0 Å². The Bertz CT molecular complexity index is 807. The fourth-order valence-electron chi connectivity index (χ4n) is 3.58. The number of piperazine rings is 1. The average Bonchev–Trinajstić information content (AvgIpc) is 2.72. The van der Waals surface area contributed by atoms with E-state index in [1.807, 2.05) is 24.3 Å². The Morgan fingerprint density at radius 3 is 2.43 bits per heavy atom. The van der Waals surface area contributed by atoms with E-state index in [1.165, 1.54) is 16.7 Å². The molecule has 0 saturated carbocycles. The van der Waals surface area contributed by atoms with Crippen molar-refractivity contribution in [1.29, 1.82) is 0 Å². The minimum atomic E-state index is -0.0622. The summed E-state index contributed by atoms with van der Waals surface area (Å²) in [5.41, 5.74) is 4.73. The molecule has 1 saturated heterocycles. The molecule has 4 nitrogen and oxygen atoms in total. The first-order chi connectivity index (χ1) is 13.6. The second-order valence-electron chi connectivity index (χ2n) is 7.44. The predicted molar refractivity (Wildman–Crippen MR) is 116 cm³/mol. The molecule has 0 aromatic heterocycles. The smallest absolute Gasteiger partial charge is 0.244 e. The number of carbonyl (C=O) groups excluding carboxylic acids is 1. The van der Waals surface area contributed by atoms with Crippen LogP contribution in [0.1, 0.15) is 29.2 Å². The van der Waals surface area contributed by atoms with Crippen molar-refractivity contribution in [3.63, 3.8) is 0 Å². The van der Waals surface area contributed by atoms with Crippen LogP contribution >= 0.6 is 0 Å². The molecule has 1 heterocycles. The van der Waals surface area contributed by atoms with E-state index in [-0.39, 0.29) is 5.91 Å². The highest BCUT2D eigenvalue weighted by Gasteiger charge is 2.16. The third-order valence-corrected chi connectivity index (χ3v) is 5.35. The van der Waals surface area contributed by atoms with Gasteiger partial charge in [0.1, 0.15) is 0 Å². The van der Waals surface area contributed by atoms with Crippen molar-refractivity contribution in [3.8, 4) is 0 Å². The number of hydrogen-bond donors (Lipinski definition) is 1. The van der Waals surface area contributed by atoms with Gasteiger partial charge < -0.3 is 10.2 Å². The summed E-state index contributed by atoms with van der Waals surface area (Å²) >= 11 is 0. The molecule has 1 N–H and O–H groups in total. The van der Waals surface area contributed by atoms with E-state index >= 15 is 0 Å². The molecule has 1 amide bonds. The monoisotopic (exact) mass is 377 g/mol. The predicted octanol–water partition coefficient (Wildman–Crippen LogP) is 3.46. The number of aryl methyl sites for hydroxylation is 1. The normalized spacial score (nSPS) is 15.8. The van der Waals surface area contributed by atoms with E-state index in [4.69, 9.17) is 0 Å². The number of nitrogens with one attached hydrogen (secondary N) is 1. The maximum Gasteiger partial charge on any atom is 0.244 e. The van der Waals surface area contributed by atoms with E-state index in [0.29, 0.717) is 6.54 Å². The number of likely N-dealkylation sites (N-methyl/N-ethyl adjacent to an activating group) is 1. The number of hydrogen-bond acceptors (Lipinski definition) is 3. The van der Waals surface area contributed by atoms with Gasteiger partial charge in [-0.1, -0.05) is 61.0 Å². The Morgan fingerprint density at radius 1 is 1.00 bits per heavy atom. The molecule has 28 heavy (non-hydrogen) atoms. The SMILES string of the molecule is CCN1CCN(Cc2ccccc2CNC(=O)/C=C/c2cccc(C)c2)CC1. The molecule has 0 atom stereocenters. The summed E-state index contributed by atoms with van der Waals surface area (Å²) < 4.78 is 0. The molecule has 0 spiro atoms. The van der Waals surface area contributed by atoms with Gasteiger partial charge in [-0.3, -0.25) is 9.69 Å². The van der Waals surface area contributed by atoms with Crippen LogP contribution in [0.3, 0.4) is 0 Å². The third kappa shape index (κ3) is 6.04. The number of carbonyl (C=O) groups is 1. The molecule has 0 radical (unpaired) electrons.